The Kier molecular flexibility index (Phi) is 2.84. The fraction of sp³-hybridized carbons (Fsp3) is 0.263. The van der Waals surface area contributed by atoms with Crippen molar-refractivity contribution in [3.63, 3.8) is 0 Å². The summed E-state index contributed by atoms with van der Waals surface area (Å²) >= 11 is 0. The van der Waals surface area contributed by atoms with E-state index in [0.717, 1.165) is 11.7 Å². The Labute approximate surface area is 119 Å². The summed E-state index contributed by atoms with van der Waals surface area (Å²) in [5.41, 5.74) is 2.42. The highest BCUT2D eigenvalue weighted by atomic mass is 16.5. The Morgan fingerprint density at radius 2 is 1.60 bits per heavy atom. The van der Waals surface area contributed by atoms with E-state index in [1.165, 1.54) is 24.0 Å². The summed E-state index contributed by atoms with van der Waals surface area (Å²) in [4.78, 5) is 0. The first-order valence-electron chi connectivity index (χ1n) is 7.39. The van der Waals surface area contributed by atoms with Crippen molar-refractivity contribution in [1.82, 2.24) is 0 Å². The van der Waals surface area contributed by atoms with Gasteiger partial charge in [-0.25, -0.2) is 0 Å². The van der Waals surface area contributed by atoms with Gasteiger partial charge in [-0.15, -0.1) is 0 Å². The lowest BCUT2D eigenvalue weighted by Crippen LogP contribution is -2.21. The maximum absolute atomic E-state index is 6.34. The predicted octanol–water partition coefficient (Wildman–Crippen LogP) is 4.70. The van der Waals surface area contributed by atoms with Crippen LogP contribution in [0.25, 0.3) is 11.1 Å². The lowest BCUT2D eigenvalue weighted by atomic mass is 10.0. The SMILES string of the molecule is C1=CC2CC1CC2Oc1ccccc1-c1ccccc1. The topological polar surface area (TPSA) is 9.23 Å². The quantitative estimate of drug-likeness (QED) is 0.729. The van der Waals surface area contributed by atoms with Crippen LogP contribution in [0, 0.1) is 11.8 Å². The van der Waals surface area contributed by atoms with E-state index in [2.05, 4.69) is 60.7 Å². The second-order valence-corrected chi connectivity index (χ2v) is 5.80. The van der Waals surface area contributed by atoms with Crippen LogP contribution in [0.2, 0.25) is 0 Å². The largest absolute Gasteiger partial charge is 0.489 e. The van der Waals surface area contributed by atoms with E-state index in [1.54, 1.807) is 0 Å². The Morgan fingerprint density at radius 3 is 2.35 bits per heavy atom. The maximum Gasteiger partial charge on any atom is 0.127 e. The Balaban J connectivity index is 1.64. The van der Waals surface area contributed by atoms with Gasteiger partial charge in [0.15, 0.2) is 0 Å². The van der Waals surface area contributed by atoms with Crippen LogP contribution in [-0.4, -0.2) is 6.10 Å². The first-order valence-corrected chi connectivity index (χ1v) is 7.39. The summed E-state index contributed by atoms with van der Waals surface area (Å²) in [6.07, 6.45) is 7.50. The minimum Gasteiger partial charge on any atom is -0.489 e. The lowest BCUT2D eigenvalue weighted by molar-refractivity contribution is 0.176. The summed E-state index contributed by atoms with van der Waals surface area (Å²) in [6.45, 7) is 0. The number of hydrogen-bond donors (Lipinski definition) is 0. The van der Waals surface area contributed by atoms with Crippen molar-refractivity contribution in [2.45, 2.75) is 18.9 Å². The number of rotatable bonds is 3. The van der Waals surface area contributed by atoms with Crippen molar-refractivity contribution < 1.29 is 4.74 Å². The molecule has 100 valence electrons. The van der Waals surface area contributed by atoms with Crippen molar-refractivity contribution in [3.05, 3.63) is 66.7 Å². The predicted molar refractivity (Wildman–Crippen MR) is 81.6 cm³/mol. The molecule has 3 atom stereocenters. The molecule has 0 saturated heterocycles. The first-order chi connectivity index (χ1) is 9.90. The molecule has 0 spiro atoms. The molecule has 0 N–H and O–H groups in total. The van der Waals surface area contributed by atoms with E-state index in [0.29, 0.717) is 12.0 Å². The van der Waals surface area contributed by atoms with Crippen LogP contribution in [0.15, 0.2) is 66.7 Å². The molecule has 4 rings (SSSR count). The Hall–Kier alpha value is -2.02. The molecule has 2 aliphatic carbocycles. The zero-order valence-corrected chi connectivity index (χ0v) is 11.4. The van der Waals surface area contributed by atoms with Crippen molar-refractivity contribution in [3.8, 4) is 16.9 Å². The first kappa shape index (κ1) is 11.8. The molecule has 0 heterocycles. The fourth-order valence-corrected chi connectivity index (χ4v) is 3.45. The average molecular weight is 262 g/mol. The molecule has 1 fully saturated rings. The Morgan fingerprint density at radius 1 is 0.800 bits per heavy atom. The number of hydrogen-bond acceptors (Lipinski definition) is 1. The molecule has 20 heavy (non-hydrogen) atoms. The van der Waals surface area contributed by atoms with Gasteiger partial charge in [0.2, 0.25) is 0 Å². The number of ether oxygens (including phenoxy) is 1. The maximum atomic E-state index is 6.34. The smallest absolute Gasteiger partial charge is 0.127 e. The minimum absolute atomic E-state index is 0.356. The molecule has 0 radical (unpaired) electrons. The van der Waals surface area contributed by atoms with Crippen molar-refractivity contribution in [2.75, 3.05) is 0 Å². The third-order valence-electron chi connectivity index (χ3n) is 4.47. The molecule has 2 aromatic rings. The van der Waals surface area contributed by atoms with Crippen LogP contribution in [0.3, 0.4) is 0 Å². The van der Waals surface area contributed by atoms with Crippen LogP contribution in [0.4, 0.5) is 0 Å². The summed E-state index contributed by atoms with van der Waals surface area (Å²) in [7, 11) is 0. The van der Waals surface area contributed by atoms with Crippen molar-refractivity contribution in [1.29, 1.82) is 0 Å². The summed E-state index contributed by atoms with van der Waals surface area (Å²) in [6, 6.07) is 18.9. The monoisotopic (exact) mass is 262 g/mol. The molecular formula is C19H18O. The third kappa shape index (κ3) is 2.03. The van der Waals surface area contributed by atoms with E-state index in [4.69, 9.17) is 4.74 Å². The molecule has 0 aliphatic heterocycles. The molecule has 1 heteroatoms. The Bertz CT molecular complexity index is 629. The minimum atomic E-state index is 0.356. The van der Waals surface area contributed by atoms with Gasteiger partial charge >= 0.3 is 0 Å². The van der Waals surface area contributed by atoms with Crippen LogP contribution >= 0.6 is 0 Å². The standard InChI is InChI=1S/C19H18O/c1-2-6-15(7-3-1)17-8-4-5-9-18(17)20-19-13-14-10-11-16(19)12-14/h1-11,14,16,19H,12-13H2. The van der Waals surface area contributed by atoms with Crippen molar-refractivity contribution >= 4 is 0 Å². The summed E-state index contributed by atoms with van der Waals surface area (Å²) in [5, 5.41) is 0. The highest BCUT2D eigenvalue weighted by Crippen LogP contribution is 2.42. The molecule has 0 aromatic heterocycles. The van der Waals surface area contributed by atoms with Gasteiger partial charge in [0.25, 0.3) is 0 Å². The number of allylic oxidation sites excluding steroid dienone is 1. The van der Waals surface area contributed by atoms with Gasteiger partial charge in [0, 0.05) is 11.5 Å². The molecule has 1 nitrogen and oxygen atoms in total. The van der Waals surface area contributed by atoms with Gasteiger partial charge < -0.3 is 4.74 Å². The average Bonchev–Trinajstić information content (AvgIpc) is 3.11. The number of para-hydroxylation sites is 1. The molecule has 2 aliphatic rings. The van der Waals surface area contributed by atoms with Crippen LogP contribution in [0.5, 0.6) is 5.75 Å². The lowest BCUT2D eigenvalue weighted by Gasteiger charge is -2.22. The van der Waals surface area contributed by atoms with Crippen molar-refractivity contribution in [2.24, 2.45) is 11.8 Å². The van der Waals surface area contributed by atoms with Crippen LogP contribution in [0.1, 0.15) is 12.8 Å². The number of benzene rings is 2. The van der Waals surface area contributed by atoms with Gasteiger partial charge in [0.05, 0.1) is 0 Å². The normalized spacial score (nSPS) is 26.9. The van der Waals surface area contributed by atoms with Gasteiger partial charge in [-0.3, -0.25) is 0 Å². The molecule has 2 bridgehead atoms. The van der Waals surface area contributed by atoms with Gasteiger partial charge in [-0.1, -0.05) is 60.7 Å². The highest BCUT2D eigenvalue weighted by molar-refractivity contribution is 5.70. The highest BCUT2D eigenvalue weighted by Gasteiger charge is 2.37. The second kappa shape index (κ2) is 4.82. The van der Waals surface area contributed by atoms with Gasteiger partial charge in [-0.2, -0.15) is 0 Å². The van der Waals surface area contributed by atoms with E-state index in [9.17, 15) is 0 Å². The summed E-state index contributed by atoms with van der Waals surface area (Å²) < 4.78 is 6.34. The van der Waals surface area contributed by atoms with Gasteiger partial charge in [0.1, 0.15) is 11.9 Å². The van der Waals surface area contributed by atoms with Crippen LogP contribution < -0.4 is 4.74 Å². The van der Waals surface area contributed by atoms with E-state index in [-0.39, 0.29) is 0 Å². The van der Waals surface area contributed by atoms with Crippen LogP contribution in [-0.2, 0) is 0 Å². The molecule has 2 aromatic carbocycles. The molecule has 0 amide bonds. The zero-order chi connectivity index (χ0) is 13.4. The fourth-order valence-electron chi connectivity index (χ4n) is 3.45. The number of fused-ring (bicyclic) bond motifs is 2. The van der Waals surface area contributed by atoms with E-state index >= 15 is 0 Å². The molecule has 3 unspecified atom stereocenters. The van der Waals surface area contributed by atoms with E-state index < -0.39 is 0 Å². The van der Waals surface area contributed by atoms with Gasteiger partial charge in [-0.05, 0) is 30.4 Å². The molecular weight excluding hydrogens is 244 g/mol. The molecule has 1 saturated carbocycles. The second-order valence-electron chi connectivity index (χ2n) is 5.80. The van der Waals surface area contributed by atoms with E-state index in [1.807, 2.05) is 6.07 Å². The third-order valence-corrected chi connectivity index (χ3v) is 4.47. The zero-order valence-electron chi connectivity index (χ0n) is 11.4. The summed E-state index contributed by atoms with van der Waals surface area (Å²) in [5.74, 6) is 2.38.